The summed E-state index contributed by atoms with van der Waals surface area (Å²) in [6.45, 7) is 4.18. The Morgan fingerprint density at radius 2 is 2.31 bits per heavy atom. The third-order valence-electron chi connectivity index (χ3n) is 5.70. The highest BCUT2D eigenvalue weighted by atomic mass is 16.2. The molecule has 0 bridgehead atoms. The molecule has 2 aromatic heterocycles. The minimum atomic E-state index is -0.110. The number of carbonyl (C=O) groups is 1. The molecule has 1 saturated heterocycles. The molecule has 3 aromatic rings. The van der Waals surface area contributed by atoms with Crippen LogP contribution in [0.3, 0.4) is 0 Å². The van der Waals surface area contributed by atoms with E-state index in [9.17, 15) is 10.1 Å². The maximum Gasteiger partial charge on any atom is 0.263 e. The fourth-order valence-corrected chi connectivity index (χ4v) is 4.34. The lowest BCUT2D eigenvalue weighted by Crippen LogP contribution is -2.39. The molecule has 2 aliphatic rings. The Balaban J connectivity index is 1.64. The standard InChI is InChI=1S/C21H21N7O/c1-2-23-21-25-10-16-19(26-21)27-7-3-4-14(27)12-28(20(16)29)18-11-24-17-6-5-13(9-22)8-15(17)18/h5-6,8,10-11,14,24H,2-4,7,12H2,1H3,(H,23,25,26)/t14-/m0/s1. The van der Waals surface area contributed by atoms with Crippen LogP contribution in [0.15, 0.2) is 30.6 Å². The first-order chi connectivity index (χ1) is 14.2. The number of hydrogen-bond acceptors (Lipinski definition) is 6. The van der Waals surface area contributed by atoms with Crippen LogP contribution in [0.4, 0.5) is 17.5 Å². The largest absolute Gasteiger partial charge is 0.359 e. The van der Waals surface area contributed by atoms with Crippen LogP contribution in [-0.2, 0) is 0 Å². The minimum Gasteiger partial charge on any atom is -0.359 e. The maximum absolute atomic E-state index is 13.6. The third-order valence-corrected chi connectivity index (χ3v) is 5.70. The molecular weight excluding hydrogens is 366 g/mol. The Hall–Kier alpha value is -3.60. The van der Waals surface area contributed by atoms with Crippen molar-refractivity contribution in [3.05, 3.63) is 41.7 Å². The summed E-state index contributed by atoms with van der Waals surface area (Å²) in [5.74, 6) is 1.15. The molecule has 4 heterocycles. The third kappa shape index (κ3) is 2.78. The van der Waals surface area contributed by atoms with Crippen LogP contribution in [0.5, 0.6) is 0 Å². The van der Waals surface area contributed by atoms with Crippen LogP contribution in [0, 0.1) is 11.3 Å². The van der Waals surface area contributed by atoms with E-state index in [1.165, 1.54) is 0 Å². The average Bonchev–Trinajstić information content (AvgIpc) is 3.35. The molecule has 0 unspecified atom stereocenters. The second kappa shape index (κ2) is 6.78. The number of nitriles is 1. The normalized spacial score (nSPS) is 18.3. The van der Waals surface area contributed by atoms with Gasteiger partial charge in [0.25, 0.3) is 5.91 Å². The zero-order valence-corrected chi connectivity index (χ0v) is 16.1. The summed E-state index contributed by atoms with van der Waals surface area (Å²) in [5.41, 5.74) is 2.78. The number of aromatic nitrogens is 3. The molecule has 1 fully saturated rings. The second-order valence-electron chi connectivity index (χ2n) is 7.41. The zero-order valence-electron chi connectivity index (χ0n) is 16.1. The lowest BCUT2D eigenvalue weighted by Gasteiger charge is -2.26. The molecular formula is C21H21N7O. The summed E-state index contributed by atoms with van der Waals surface area (Å²) in [6.07, 6.45) is 5.56. The number of nitrogens with zero attached hydrogens (tertiary/aromatic N) is 5. The van der Waals surface area contributed by atoms with Gasteiger partial charge in [-0.05, 0) is 38.0 Å². The Morgan fingerprint density at radius 3 is 3.14 bits per heavy atom. The molecule has 29 heavy (non-hydrogen) atoms. The summed E-state index contributed by atoms with van der Waals surface area (Å²) in [6, 6.07) is 7.87. The fraction of sp³-hybridized carbons (Fsp3) is 0.333. The van der Waals surface area contributed by atoms with E-state index in [1.807, 2.05) is 30.2 Å². The monoisotopic (exact) mass is 387 g/mol. The summed E-state index contributed by atoms with van der Waals surface area (Å²) < 4.78 is 0. The number of aromatic amines is 1. The van der Waals surface area contributed by atoms with Crippen molar-refractivity contribution < 1.29 is 4.79 Å². The van der Waals surface area contributed by atoms with Gasteiger partial charge in [-0.3, -0.25) is 4.79 Å². The van der Waals surface area contributed by atoms with Gasteiger partial charge in [0.2, 0.25) is 5.95 Å². The quantitative estimate of drug-likeness (QED) is 0.717. The van der Waals surface area contributed by atoms with Crippen molar-refractivity contribution in [3.63, 3.8) is 0 Å². The Labute approximate surface area is 168 Å². The van der Waals surface area contributed by atoms with E-state index in [1.54, 1.807) is 12.3 Å². The Kier molecular flexibility index (Phi) is 4.09. The van der Waals surface area contributed by atoms with Crippen LogP contribution >= 0.6 is 0 Å². The fourth-order valence-electron chi connectivity index (χ4n) is 4.34. The minimum absolute atomic E-state index is 0.110. The highest BCUT2D eigenvalue weighted by molar-refractivity contribution is 6.13. The summed E-state index contributed by atoms with van der Waals surface area (Å²) in [7, 11) is 0. The van der Waals surface area contributed by atoms with Crippen LogP contribution in [-0.4, -0.2) is 46.5 Å². The molecule has 5 rings (SSSR count). The predicted molar refractivity (Wildman–Crippen MR) is 111 cm³/mol. The zero-order chi connectivity index (χ0) is 20.0. The summed E-state index contributed by atoms with van der Waals surface area (Å²) >= 11 is 0. The maximum atomic E-state index is 13.6. The van der Waals surface area contributed by atoms with Gasteiger partial charge >= 0.3 is 0 Å². The molecule has 2 N–H and O–H groups in total. The second-order valence-corrected chi connectivity index (χ2v) is 7.41. The van der Waals surface area contributed by atoms with Crippen molar-refractivity contribution in [2.45, 2.75) is 25.8 Å². The number of amides is 1. The molecule has 0 radical (unpaired) electrons. The van der Waals surface area contributed by atoms with Gasteiger partial charge in [-0.25, -0.2) is 4.98 Å². The molecule has 8 heteroatoms. The average molecular weight is 387 g/mol. The van der Waals surface area contributed by atoms with Crippen molar-refractivity contribution in [1.82, 2.24) is 15.0 Å². The van der Waals surface area contributed by atoms with Crippen molar-refractivity contribution >= 4 is 34.3 Å². The number of carbonyl (C=O) groups excluding carboxylic acids is 1. The number of hydrogen-bond donors (Lipinski definition) is 2. The lowest BCUT2D eigenvalue weighted by atomic mass is 10.1. The molecule has 146 valence electrons. The van der Waals surface area contributed by atoms with Gasteiger partial charge in [-0.2, -0.15) is 10.2 Å². The molecule has 0 aliphatic carbocycles. The molecule has 1 amide bonds. The first-order valence-electron chi connectivity index (χ1n) is 9.90. The van der Waals surface area contributed by atoms with Gasteiger partial charge in [0.1, 0.15) is 11.4 Å². The highest BCUT2D eigenvalue weighted by Crippen LogP contribution is 2.36. The van der Waals surface area contributed by atoms with Gasteiger partial charge in [-0.1, -0.05) is 0 Å². The summed E-state index contributed by atoms with van der Waals surface area (Å²) in [4.78, 5) is 29.8. The van der Waals surface area contributed by atoms with Gasteiger partial charge < -0.3 is 20.1 Å². The van der Waals surface area contributed by atoms with E-state index >= 15 is 0 Å². The first kappa shape index (κ1) is 17.5. The van der Waals surface area contributed by atoms with E-state index in [0.717, 1.165) is 42.5 Å². The first-order valence-corrected chi connectivity index (χ1v) is 9.90. The van der Waals surface area contributed by atoms with Crippen LogP contribution in [0.2, 0.25) is 0 Å². The number of nitrogens with one attached hydrogen (secondary N) is 2. The van der Waals surface area contributed by atoms with E-state index in [4.69, 9.17) is 0 Å². The van der Waals surface area contributed by atoms with E-state index in [-0.39, 0.29) is 11.9 Å². The smallest absolute Gasteiger partial charge is 0.263 e. The van der Waals surface area contributed by atoms with Crippen LogP contribution < -0.4 is 15.1 Å². The number of anilines is 3. The van der Waals surface area contributed by atoms with E-state index in [2.05, 4.69) is 31.2 Å². The topological polar surface area (TPSA) is 101 Å². The lowest BCUT2D eigenvalue weighted by molar-refractivity contribution is 0.0988. The van der Waals surface area contributed by atoms with Gasteiger partial charge in [0.05, 0.1) is 17.3 Å². The number of benzene rings is 1. The number of rotatable bonds is 3. The van der Waals surface area contributed by atoms with Gasteiger partial charge in [0.15, 0.2) is 0 Å². The molecule has 8 nitrogen and oxygen atoms in total. The van der Waals surface area contributed by atoms with Gasteiger partial charge in [-0.15, -0.1) is 0 Å². The Morgan fingerprint density at radius 1 is 1.41 bits per heavy atom. The van der Waals surface area contributed by atoms with Crippen molar-refractivity contribution in [3.8, 4) is 6.07 Å². The Bertz CT molecular complexity index is 1150. The van der Waals surface area contributed by atoms with E-state index < -0.39 is 0 Å². The molecule has 0 saturated carbocycles. The van der Waals surface area contributed by atoms with Crippen molar-refractivity contribution in [2.24, 2.45) is 0 Å². The SMILES string of the molecule is CCNc1ncc2c(n1)N1CCC[C@H]1CN(c1c[nH]c3ccc(C#N)cc13)C2=O. The molecule has 1 aromatic carbocycles. The molecule has 1 atom stereocenters. The predicted octanol–water partition coefficient (Wildman–Crippen LogP) is 2.89. The van der Waals surface area contributed by atoms with Crippen molar-refractivity contribution in [2.75, 3.05) is 34.8 Å². The molecule has 0 spiro atoms. The number of H-pyrrole nitrogens is 1. The number of fused-ring (bicyclic) bond motifs is 4. The van der Waals surface area contributed by atoms with E-state index in [0.29, 0.717) is 29.4 Å². The van der Waals surface area contributed by atoms with Crippen LogP contribution in [0.1, 0.15) is 35.7 Å². The van der Waals surface area contributed by atoms with Gasteiger partial charge in [0, 0.05) is 49.0 Å². The highest BCUT2D eigenvalue weighted by Gasteiger charge is 2.38. The van der Waals surface area contributed by atoms with Crippen LogP contribution in [0.25, 0.3) is 10.9 Å². The molecule has 2 aliphatic heterocycles. The summed E-state index contributed by atoms with van der Waals surface area (Å²) in [5, 5.41) is 13.3. The van der Waals surface area contributed by atoms with Crippen molar-refractivity contribution in [1.29, 1.82) is 5.26 Å².